The fraction of sp³-hybridized carbons (Fsp3) is 0.214. The highest BCUT2D eigenvalue weighted by Gasteiger charge is 2.19. The summed E-state index contributed by atoms with van der Waals surface area (Å²) in [5, 5.41) is 10.3. The first-order valence-corrected chi connectivity index (χ1v) is 6.57. The number of pyridine rings is 1. The molecule has 4 rings (SSSR count). The Balaban J connectivity index is 1.82. The molecular formula is C14H14N6. The van der Waals surface area contributed by atoms with Gasteiger partial charge in [0.2, 0.25) is 0 Å². The summed E-state index contributed by atoms with van der Waals surface area (Å²) in [6.45, 7) is 2.58. The summed E-state index contributed by atoms with van der Waals surface area (Å²) in [6, 6.07) is 5.98. The minimum atomic E-state index is 0.758. The quantitative estimate of drug-likeness (QED) is 0.674. The average Bonchev–Trinajstić information content (AvgIpc) is 2.95. The number of fused-ring (bicyclic) bond motifs is 2. The monoisotopic (exact) mass is 266 g/mol. The number of hydrogen-bond acceptors (Lipinski definition) is 5. The third kappa shape index (κ3) is 1.61. The van der Waals surface area contributed by atoms with Crippen molar-refractivity contribution in [2.45, 2.75) is 13.1 Å². The number of rotatable bonds is 1. The Morgan fingerprint density at radius 3 is 3.00 bits per heavy atom. The fourth-order valence-corrected chi connectivity index (χ4v) is 2.75. The largest absolute Gasteiger partial charge is 0.398 e. The Morgan fingerprint density at radius 2 is 2.05 bits per heavy atom. The Morgan fingerprint density at radius 1 is 1.10 bits per heavy atom. The van der Waals surface area contributed by atoms with Crippen LogP contribution in [-0.2, 0) is 13.1 Å². The van der Waals surface area contributed by atoms with Crippen LogP contribution in [0.15, 0.2) is 36.9 Å². The summed E-state index contributed by atoms with van der Waals surface area (Å²) < 4.78 is 2.09. The molecule has 0 aliphatic carbocycles. The van der Waals surface area contributed by atoms with Gasteiger partial charge in [0, 0.05) is 47.6 Å². The summed E-state index contributed by atoms with van der Waals surface area (Å²) in [5.74, 6) is 0.991. The number of nitrogens with two attached hydrogens (primary N) is 1. The van der Waals surface area contributed by atoms with Gasteiger partial charge < -0.3 is 15.2 Å². The summed E-state index contributed by atoms with van der Waals surface area (Å²) >= 11 is 0. The summed E-state index contributed by atoms with van der Waals surface area (Å²) in [6.07, 6.45) is 5.44. The molecule has 0 unspecified atom stereocenters. The summed E-state index contributed by atoms with van der Waals surface area (Å²) in [7, 11) is 0. The number of nitrogens with zero attached hydrogens (tertiary/aromatic N) is 5. The minimum absolute atomic E-state index is 0.758. The molecule has 0 spiro atoms. The lowest BCUT2D eigenvalue weighted by Crippen LogP contribution is -2.33. The van der Waals surface area contributed by atoms with Crippen LogP contribution in [0.2, 0.25) is 0 Å². The first-order chi connectivity index (χ1) is 9.83. The lowest BCUT2D eigenvalue weighted by molar-refractivity contribution is 0.561. The van der Waals surface area contributed by atoms with E-state index in [1.54, 1.807) is 12.5 Å². The van der Waals surface area contributed by atoms with Gasteiger partial charge in [-0.15, -0.1) is 10.2 Å². The number of aromatic nitrogens is 4. The molecule has 6 nitrogen and oxygen atoms in total. The molecule has 1 aliphatic heterocycles. The Hall–Kier alpha value is -2.63. The van der Waals surface area contributed by atoms with Gasteiger partial charge in [-0.1, -0.05) is 0 Å². The van der Waals surface area contributed by atoms with E-state index in [-0.39, 0.29) is 0 Å². The van der Waals surface area contributed by atoms with Crippen molar-refractivity contribution in [3.05, 3.63) is 42.7 Å². The van der Waals surface area contributed by atoms with Gasteiger partial charge >= 0.3 is 0 Å². The van der Waals surface area contributed by atoms with Crippen molar-refractivity contribution in [2.24, 2.45) is 0 Å². The molecule has 3 aromatic rings. The highest BCUT2D eigenvalue weighted by atomic mass is 15.3. The third-order valence-corrected chi connectivity index (χ3v) is 3.81. The lowest BCUT2D eigenvalue weighted by Gasteiger charge is -2.30. The fourth-order valence-electron chi connectivity index (χ4n) is 2.75. The average molecular weight is 266 g/mol. The molecule has 2 N–H and O–H groups in total. The Bertz CT molecular complexity index is 778. The van der Waals surface area contributed by atoms with E-state index in [0.717, 1.165) is 47.6 Å². The van der Waals surface area contributed by atoms with Gasteiger partial charge in [-0.3, -0.25) is 4.98 Å². The summed E-state index contributed by atoms with van der Waals surface area (Å²) in [4.78, 5) is 6.53. The van der Waals surface area contributed by atoms with Gasteiger partial charge in [-0.2, -0.15) is 0 Å². The highest BCUT2D eigenvalue weighted by Crippen LogP contribution is 2.31. The van der Waals surface area contributed by atoms with Crippen LogP contribution in [0.5, 0.6) is 0 Å². The maximum absolute atomic E-state index is 6.04. The van der Waals surface area contributed by atoms with Crippen molar-refractivity contribution in [1.82, 2.24) is 19.7 Å². The number of nitrogen functional groups attached to an aromatic ring is 1. The molecule has 3 heterocycles. The molecule has 6 heteroatoms. The molecule has 0 fully saturated rings. The maximum Gasteiger partial charge on any atom is 0.152 e. The van der Waals surface area contributed by atoms with Crippen molar-refractivity contribution in [1.29, 1.82) is 0 Å². The lowest BCUT2D eigenvalue weighted by atomic mass is 10.1. The third-order valence-electron chi connectivity index (χ3n) is 3.81. The van der Waals surface area contributed by atoms with Crippen LogP contribution < -0.4 is 10.6 Å². The van der Waals surface area contributed by atoms with Crippen LogP contribution >= 0.6 is 0 Å². The van der Waals surface area contributed by atoms with Gasteiger partial charge in [-0.25, -0.2) is 0 Å². The molecule has 0 atom stereocenters. The van der Waals surface area contributed by atoms with Crippen molar-refractivity contribution in [2.75, 3.05) is 17.2 Å². The molecule has 0 radical (unpaired) electrons. The van der Waals surface area contributed by atoms with Crippen LogP contribution in [0.4, 0.5) is 11.4 Å². The zero-order valence-electron chi connectivity index (χ0n) is 10.9. The predicted octanol–water partition coefficient (Wildman–Crippen LogP) is 1.43. The first-order valence-electron chi connectivity index (χ1n) is 6.57. The molecule has 0 saturated heterocycles. The van der Waals surface area contributed by atoms with Crippen LogP contribution in [0, 0.1) is 0 Å². The standard InChI is InChI=1S/C14H14N6/c15-12-1-2-13(11-7-16-4-3-10(11)12)19-5-6-20-9-17-18-14(20)8-19/h1-4,7,9H,5-6,8,15H2. The molecular weight excluding hydrogens is 252 g/mol. The zero-order valence-corrected chi connectivity index (χ0v) is 10.9. The second kappa shape index (κ2) is 4.19. The second-order valence-corrected chi connectivity index (χ2v) is 4.96. The molecule has 20 heavy (non-hydrogen) atoms. The molecule has 2 aromatic heterocycles. The van der Waals surface area contributed by atoms with Crippen molar-refractivity contribution in [3.63, 3.8) is 0 Å². The van der Waals surface area contributed by atoms with Gasteiger partial charge in [0.25, 0.3) is 0 Å². The topological polar surface area (TPSA) is 72.9 Å². The van der Waals surface area contributed by atoms with Gasteiger partial charge in [0.15, 0.2) is 5.82 Å². The maximum atomic E-state index is 6.04. The Kier molecular flexibility index (Phi) is 2.35. The zero-order chi connectivity index (χ0) is 13.5. The number of anilines is 2. The van der Waals surface area contributed by atoms with E-state index in [0.29, 0.717) is 0 Å². The Labute approximate surface area is 115 Å². The van der Waals surface area contributed by atoms with E-state index < -0.39 is 0 Å². The number of benzene rings is 1. The first kappa shape index (κ1) is 11.2. The molecule has 100 valence electrons. The second-order valence-electron chi connectivity index (χ2n) is 4.96. The smallest absolute Gasteiger partial charge is 0.152 e. The summed E-state index contributed by atoms with van der Waals surface area (Å²) in [5.41, 5.74) is 7.98. The molecule has 0 saturated carbocycles. The van der Waals surface area contributed by atoms with E-state index in [1.165, 1.54) is 0 Å². The molecule has 0 bridgehead atoms. The van der Waals surface area contributed by atoms with Crippen molar-refractivity contribution < 1.29 is 0 Å². The predicted molar refractivity (Wildman–Crippen MR) is 77.2 cm³/mol. The normalized spacial score (nSPS) is 14.5. The van der Waals surface area contributed by atoms with Crippen LogP contribution in [0.3, 0.4) is 0 Å². The van der Waals surface area contributed by atoms with Crippen molar-refractivity contribution in [3.8, 4) is 0 Å². The van der Waals surface area contributed by atoms with Crippen LogP contribution in [-0.4, -0.2) is 26.3 Å². The van der Waals surface area contributed by atoms with E-state index in [2.05, 4.69) is 30.7 Å². The van der Waals surface area contributed by atoms with E-state index in [9.17, 15) is 0 Å². The van der Waals surface area contributed by atoms with Gasteiger partial charge in [-0.05, 0) is 18.2 Å². The molecule has 1 aliphatic rings. The minimum Gasteiger partial charge on any atom is -0.398 e. The van der Waals surface area contributed by atoms with E-state index in [1.807, 2.05) is 18.3 Å². The molecule has 1 aromatic carbocycles. The van der Waals surface area contributed by atoms with Gasteiger partial charge in [0.1, 0.15) is 6.33 Å². The van der Waals surface area contributed by atoms with Crippen LogP contribution in [0.25, 0.3) is 10.8 Å². The molecule has 0 amide bonds. The van der Waals surface area contributed by atoms with E-state index in [4.69, 9.17) is 5.73 Å². The van der Waals surface area contributed by atoms with Crippen molar-refractivity contribution >= 4 is 22.1 Å². The van der Waals surface area contributed by atoms with Crippen LogP contribution in [0.1, 0.15) is 5.82 Å². The van der Waals surface area contributed by atoms with E-state index >= 15 is 0 Å². The SMILES string of the molecule is Nc1ccc(N2CCn3cnnc3C2)c2cnccc12. The van der Waals surface area contributed by atoms with Gasteiger partial charge in [0.05, 0.1) is 6.54 Å². The highest BCUT2D eigenvalue weighted by molar-refractivity contribution is 6.00. The number of hydrogen-bond donors (Lipinski definition) is 1.